The maximum Gasteiger partial charge on any atom is 0.135 e. The molecule has 0 aliphatic carbocycles. The first kappa shape index (κ1) is 14.7. The van der Waals surface area contributed by atoms with Gasteiger partial charge in [-0.05, 0) is 25.5 Å². The topological polar surface area (TPSA) is 37.8 Å². The Hall–Kier alpha value is -1.68. The third kappa shape index (κ3) is 3.67. The van der Waals surface area contributed by atoms with Crippen LogP contribution < -0.4 is 5.32 Å². The number of aromatic nitrogens is 2. The van der Waals surface area contributed by atoms with Crippen molar-refractivity contribution < 1.29 is 4.39 Å². The minimum Gasteiger partial charge on any atom is -0.370 e. The molecule has 0 atom stereocenters. The van der Waals surface area contributed by atoms with Crippen molar-refractivity contribution in [3.05, 3.63) is 52.2 Å². The minimum atomic E-state index is -0.328. The average Bonchev–Trinajstić information content (AvgIpc) is 2.40. The Kier molecular flexibility index (Phi) is 4.90. The lowest BCUT2D eigenvalue weighted by Gasteiger charge is -2.09. The summed E-state index contributed by atoms with van der Waals surface area (Å²) in [5, 5.41) is 3.61. The highest BCUT2D eigenvalue weighted by molar-refractivity contribution is 6.31. The molecular formula is C15H17ClFN3. The Morgan fingerprint density at radius 3 is 2.80 bits per heavy atom. The third-order valence-corrected chi connectivity index (χ3v) is 3.21. The van der Waals surface area contributed by atoms with Gasteiger partial charge in [0.2, 0.25) is 0 Å². The molecule has 0 amide bonds. The van der Waals surface area contributed by atoms with Gasteiger partial charge in [0.05, 0.1) is 0 Å². The maximum absolute atomic E-state index is 13.8. The fourth-order valence-corrected chi connectivity index (χ4v) is 2.14. The van der Waals surface area contributed by atoms with Crippen molar-refractivity contribution in [3.63, 3.8) is 0 Å². The molecule has 1 aromatic carbocycles. The van der Waals surface area contributed by atoms with Crippen molar-refractivity contribution in [2.45, 2.75) is 26.7 Å². The van der Waals surface area contributed by atoms with E-state index < -0.39 is 0 Å². The summed E-state index contributed by atoms with van der Waals surface area (Å²) < 4.78 is 13.8. The molecule has 0 saturated heterocycles. The number of anilines is 1. The van der Waals surface area contributed by atoms with Crippen LogP contribution in [0.1, 0.15) is 30.4 Å². The Balaban J connectivity index is 2.27. The van der Waals surface area contributed by atoms with Crippen molar-refractivity contribution in [1.29, 1.82) is 0 Å². The van der Waals surface area contributed by atoms with Gasteiger partial charge in [-0.15, -0.1) is 0 Å². The zero-order chi connectivity index (χ0) is 14.5. The lowest BCUT2D eigenvalue weighted by molar-refractivity contribution is 0.612. The lowest BCUT2D eigenvalue weighted by atomic mass is 10.1. The molecule has 5 heteroatoms. The molecule has 106 valence electrons. The number of halogens is 2. The SMILES string of the molecule is CCCNc1cc(C)nc(Cc2c(F)cccc2Cl)n1. The molecule has 0 radical (unpaired) electrons. The van der Waals surface area contributed by atoms with Crippen LogP contribution in [0.25, 0.3) is 0 Å². The van der Waals surface area contributed by atoms with Crippen LogP contribution >= 0.6 is 11.6 Å². The summed E-state index contributed by atoms with van der Waals surface area (Å²) in [7, 11) is 0. The Labute approximate surface area is 123 Å². The molecule has 0 bridgehead atoms. The van der Waals surface area contributed by atoms with Crippen LogP contribution in [-0.4, -0.2) is 16.5 Å². The summed E-state index contributed by atoms with van der Waals surface area (Å²) >= 11 is 6.03. The van der Waals surface area contributed by atoms with E-state index in [1.165, 1.54) is 6.07 Å². The van der Waals surface area contributed by atoms with Crippen LogP contribution in [0.3, 0.4) is 0 Å². The molecule has 0 aliphatic heterocycles. The number of nitrogens with one attached hydrogen (secondary N) is 1. The van der Waals surface area contributed by atoms with Gasteiger partial charge in [0.15, 0.2) is 0 Å². The van der Waals surface area contributed by atoms with E-state index in [1.807, 2.05) is 13.0 Å². The quantitative estimate of drug-likeness (QED) is 0.906. The number of rotatable bonds is 5. The van der Waals surface area contributed by atoms with Crippen LogP contribution in [0.15, 0.2) is 24.3 Å². The molecule has 0 aliphatic rings. The number of benzene rings is 1. The van der Waals surface area contributed by atoms with E-state index in [1.54, 1.807) is 12.1 Å². The van der Waals surface area contributed by atoms with Gasteiger partial charge in [0.25, 0.3) is 0 Å². The molecule has 2 aromatic rings. The van der Waals surface area contributed by atoms with E-state index >= 15 is 0 Å². The molecule has 0 saturated carbocycles. The highest BCUT2D eigenvalue weighted by atomic mass is 35.5. The third-order valence-electron chi connectivity index (χ3n) is 2.85. The van der Waals surface area contributed by atoms with Crippen LogP contribution in [0.2, 0.25) is 5.02 Å². The summed E-state index contributed by atoms with van der Waals surface area (Å²) in [5.41, 5.74) is 1.28. The highest BCUT2D eigenvalue weighted by Crippen LogP contribution is 2.21. The van der Waals surface area contributed by atoms with Crippen molar-refractivity contribution >= 4 is 17.4 Å². The van der Waals surface area contributed by atoms with Gasteiger partial charge in [-0.3, -0.25) is 0 Å². The minimum absolute atomic E-state index is 0.286. The van der Waals surface area contributed by atoms with E-state index in [-0.39, 0.29) is 12.2 Å². The maximum atomic E-state index is 13.8. The van der Waals surface area contributed by atoms with E-state index in [4.69, 9.17) is 11.6 Å². The fourth-order valence-electron chi connectivity index (χ4n) is 1.91. The molecule has 1 heterocycles. The van der Waals surface area contributed by atoms with Gasteiger partial charge in [-0.1, -0.05) is 24.6 Å². The molecule has 1 N–H and O–H groups in total. The van der Waals surface area contributed by atoms with Crippen LogP contribution in [0.4, 0.5) is 10.2 Å². The number of hydrogen-bond acceptors (Lipinski definition) is 3. The smallest absolute Gasteiger partial charge is 0.135 e. The van der Waals surface area contributed by atoms with Gasteiger partial charge in [0, 0.05) is 35.3 Å². The van der Waals surface area contributed by atoms with Gasteiger partial charge >= 0.3 is 0 Å². The standard InChI is InChI=1S/C15H17ClFN3/c1-3-7-18-14-8-10(2)19-15(20-14)9-11-12(16)5-4-6-13(11)17/h4-6,8H,3,7,9H2,1-2H3,(H,18,19,20). The monoisotopic (exact) mass is 293 g/mol. The van der Waals surface area contributed by atoms with E-state index in [0.29, 0.717) is 16.4 Å². The zero-order valence-electron chi connectivity index (χ0n) is 11.6. The van der Waals surface area contributed by atoms with Gasteiger partial charge < -0.3 is 5.32 Å². The van der Waals surface area contributed by atoms with E-state index in [2.05, 4.69) is 22.2 Å². The molecule has 3 nitrogen and oxygen atoms in total. The summed E-state index contributed by atoms with van der Waals surface area (Å²) in [5.74, 6) is 1.00. The molecule has 20 heavy (non-hydrogen) atoms. The average molecular weight is 294 g/mol. The normalized spacial score (nSPS) is 10.6. The second-order valence-electron chi connectivity index (χ2n) is 4.61. The molecule has 0 unspecified atom stereocenters. The van der Waals surface area contributed by atoms with Crippen molar-refractivity contribution in [2.24, 2.45) is 0 Å². The number of aryl methyl sites for hydroxylation is 1. The zero-order valence-corrected chi connectivity index (χ0v) is 12.3. The molecule has 0 spiro atoms. The van der Waals surface area contributed by atoms with Crippen LogP contribution in [0.5, 0.6) is 0 Å². The number of hydrogen-bond donors (Lipinski definition) is 1. The first-order valence-corrected chi connectivity index (χ1v) is 6.99. The lowest BCUT2D eigenvalue weighted by Crippen LogP contribution is -2.07. The summed E-state index contributed by atoms with van der Waals surface area (Å²) in [6.07, 6.45) is 1.30. The first-order valence-electron chi connectivity index (χ1n) is 6.61. The van der Waals surface area contributed by atoms with Crippen LogP contribution in [-0.2, 0) is 6.42 Å². The van der Waals surface area contributed by atoms with Crippen molar-refractivity contribution in [2.75, 3.05) is 11.9 Å². The van der Waals surface area contributed by atoms with Crippen molar-refractivity contribution in [1.82, 2.24) is 9.97 Å². The second kappa shape index (κ2) is 6.66. The van der Waals surface area contributed by atoms with Crippen molar-refractivity contribution in [3.8, 4) is 0 Å². The van der Waals surface area contributed by atoms with E-state index in [0.717, 1.165) is 24.5 Å². The van der Waals surface area contributed by atoms with Crippen LogP contribution in [0, 0.1) is 12.7 Å². The largest absolute Gasteiger partial charge is 0.370 e. The summed E-state index contributed by atoms with van der Waals surface area (Å²) in [6.45, 7) is 4.82. The molecular weight excluding hydrogens is 277 g/mol. The summed E-state index contributed by atoms with van der Waals surface area (Å²) in [4.78, 5) is 8.74. The van der Waals surface area contributed by atoms with Gasteiger partial charge in [-0.25, -0.2) is 14.4 Å². The number of nitrogens with zero attached hydrogens (tertiary/aromatic N) is 2. The van der Waals surface area contributed by atoms with E-state index in [9.17, 15) is 4.39 Å². The predicted octanol–water partition coefficient (Wildman–Crippen LogP) is 3.99. The molecule has 2 rings (SSSR count). The van der Waals surface area contributed by atoms with Gasteiger partial charge in [0.1, 0.15) is 17.5 Å². The highest BCUT2D eigenvalue weighted by Gasteiger charge is 2.10. The first-order chi connectivity index (χ1) is 9.60. The fraction of sp³-hybridized carbons (Fsp3) is 0.333. The van der Waals surface area contributed by atoms with Gasteiger partial charge in [-0.2, -0.15) is 0 Å². The molecule has 0 fully saturated rings. The Morgan fingerprint density at radius 2 is 2.10 bits per heavy atom. The molecule has 1 aromatic heterocycles. The Morgan fingerprint density at radius 1 is 1.30 bits per heavy atom. The summed E-state index contributed by atoms with van der Waals surface area (Å²) in [6, 6.07) is 6.54. The second-order valence-corrected chi connectivity index (χ2v) is 5.02. The Bertz CT molecular complexity index is 581. The predicted molar refractivity (Wildman–Crippen MR) is 79.8 cm³/mol.